The van der Waals surface area contributed by atoms with Crippen LogP contribution in [0.5, 0.6) is 0 Å². The largest absolute Gasteiger partial charge is 0.456 e. The van der Waals surface area contributed by atoms with Gasteiger partial charge in [0.25, 0.3) is 0 Å². The molecule has 1 aliphatic carbocycles. The molecule has 0 spiro atoms. The van der Waals surface area contributed by atoms with Crippen molar-refractivity contribution >= 4 is 43.5 Å². The van der Waals surface area contributed by atoms with Crippen LogP contribution in [0.1, 0.15) is 11.1 Å². The topological polar surface area (TPSA) is 51.8 Å². The zero-order chi connectivity index (χ0) is 38.2. The summed E-state index contributed by atoms with van der Waals surface area (Å²) in [6.45, 7) is 0. The Balaban J connectivity index is 1.09. The average molecular weight is 740 g/mol. The van der Waals surface area contributed by atoms with Gasteiger partial charge in [-0.3, -0.25) is 0 Å². The summed E-state index contributed by atoms with van der Waals surface area (Å²) in [5.41, 5.74) is 14.6. The van der Waals surface area contributed by atoms with E-state index in [9.17, 15) is 0 Å². The van der Waals surface area contributed by atoms with Crippen LogP contribution in [-0.2, 0) is 6.42 Å². The molecule has 11 aromatic rings. The number of aromatic nitrogens is 3. The molecule has 58 heavy (non-hydrogen) atoms. The molecule has 0 bridgehead atoms. The van der Waals surface area contributed by atoms with Crippen LogP contribution in [0.4, 0.5) is 0 Å². The van der Waals surface area contributed by atoms with Gasteiger partial charge in [0.2, 0.25) is 0 Å². The van der Waals surface area contributed by atoms with Crippen molar-refractivity contribution in [1.29, 1.82) is 0 Å². The fourth-order valence-corrected chi connectivity index (χ4v) is 9.06. The maximum Gasteiger partial charge on any atom is 0.164 e. The lowest BCUT2D eigenvalue weighted by Gasteiger charge is -2.16. The molecule has 0 saturated heterocycles. The van der Waals surface area contributed by atoms with Gasteiger partial charge in [-0.1, -0.05) is 158 Å². The van der Waals surface area contributed by atoms with Crippen molar-refractivity contribution in [3.05, 3.63) is 199 Å². The van der Waals surface area contributed by atoms with Crippen molar-refractivity contribution in [2.75, 3.05) is 0 Å². The van der Waals surface area contributed by atoms with E-state index in [0.717, 1.165) is 56.0 Å². The first-order valence-electron chi connectivity index (χ1n) is 19.7. The lowest BCUT2D eigenvalue weighted by molar-refractivity contribution is 0.669. The molecular formula is C54H33N3O. The normalized spacial score (nSPS) is 12.1. The molecule has 2 aromatic heterocycles. The van der Waals surface area contributed by atoms with Gasteiger partial charge < -0.3 is 4.42 Å². The fourth-order valence-electron chi connectivity index (χ4n) is 9.06. The highest BCUT2D eigenvalue weighted by atomic mass is 16.3. The number of hydrogen-bond donors (Lipinski definition) is 0. The third kappa shape index (κ3) is 5.19. The molecule has 0 unspecified atom stereocenters. The molecule has 4 nitrogen and oxygen atoms in total. The van der Waals surface area contributed by atoms with Crippen LogP contribution in [0.3, 0.4) is 0 Å². The van der Waals surface area contributed by atoms with Gasteiger partial charge in [0.1, 0.15) is 11.2 Å². The van der Waals surface area contributed by atoms with Gasteiger partial charge in [0.15, 0.2) is 17.5 Å². The Morgan fingerprint density at radius 2 is 0.879 bits per heavy atom. The quantitative estimate of drug-likeness (QED) is 0.165. The molecule has 270 valence electrons. The van der Waals surface area contributed by atoms with Crippen LogP contribution >= 0.6 is 0 Å². The Morgan fingerprint density at radius 1 is 0.310 bits per heavy atom. The van der Waals surface area contributed by atoms with Crippen molar-refractivity contribution in [3.8, 4) is 67.5 Å². The first-order valence-corrected chi connectivity index (χ1v) is 19.7. The summed E-state index contributed by atoms with van der Waals surface area (Å²) in [5.74, 6) is 1.83. The summed E-state index contributed by atoms with van der Waals surface area (Å²) in [6, 6.07) is 66.6. The molecular weight excluding hydrogens is 707 g/mol. The minimum atomic E-state index is 0.593. The number of fused-ring (bicyclic) bond motifs is 9. The van der Waals surface area contributed by atoms with Crippen LogP contribution in [0.2, 0.25) is 0 Å². The molecule has 2 heterocycles. The number of hydrogen-bond acceptors (Lipinski definition) is 4. The van der Waals surface area contributed by atoms with E-state index >= 15 is 0 Å². The van der Waals surface area contributed by atoms with E-state index in [-0.39, 0.29) is 0 Å². The van der Waals surface area contributed by atoms with Crippen LogP contribution in [-0.4, -0.2) is 15.0 Å². The fraction of sp³-hybridized carbons (Fsp3) is 0.0185. The second kappa shape index (κ2) is 12.9. The van der Waals surface area contributed by atoms with Crippen LogP contribution in [0.15, 0.2) is 192 Å². The Morgan fingerprint density at radius 3 is 1.66 bits per heavy atom. The molecule has 0 saturated carbocycles. The van der Waals surface area contributed by atoms with E-state index in [1.807, 2.05) is 36.4 Å². The molecule has 4 heteroatoms. The third-order valence-electron chi connectivity index (χ3n) is 11.8. The van der Waals surface area contributed by atoms with Crippen molar-refractivity contribution in [2.45, 2.75) is 6.42 Å². The molecule has 0 aliphatic heterocycles. The average Bonchev–Trinajstić information content (AvgIpc) is 3.87. The predicted octanol–water partition coefficient (Wildman–Crippen LogP) is 14.0. The molecule has 0 N–H and O–H groups in total. The van der Waals surface area contributed by atoms with Gasteiger partial charge >= 0.3 is 0 Å². The van der Waals surface area contributed by atoms with E-state index in [1.165, 1.54) is 55.1 Å². The summed E-state index contributed by atoms with van der Waals surface area (Å²) in [6.07, 6.45) is 0.851. The standard InChI is InChI=1S/C54H33N3O/c1-3-13-33(14-4-1)39-20-11-21-40-41-22-12-23-42(49(41)32-48(39)40)47-30-37(29-46-38-18-8-7-15-34(38)25-27-43(46)47)54-56-52(35-16-5-2-6-17-35)55-53(57-54)36-26-28-45-44-19-9-10-24-50(44)58-51(45)31-36/h1-31H,32H2. The predicted molar refractivity (Wildman–Crippen MR) is 238 cm³/mol. The molecule has 0 fully saturated rings. The van der Waals surface area contributed by atoms with Gasteiger partial charge in [0.05, 0.1) is 0 Å². The molecule has 0 radical (unpaired) electrons. The van der Waals surface area contributed by atoms with E-state index < -0.39 is 0 Å². The number of nitrogens with zero attached hydrogens (tertiary/aromatic N) is 3. The monoisotopic (exact) mass is 739 g/mol. The zero-order valence-corrected chi connectivity index (χ0v) is 31.4. The zero-order valence-electron chi connectivity index (χ0n) is 31.4. The van der Waals surface area contributed by atoms with Gasteiger partial charge in [-0.15, -0.1) is 0 Å². The molecule has 0 amide bonds. The molecule has 12 rings (SSSR count). The highest BCUT2D eigenvalue weighted by Gasteiger charge is 2.26. The Bertz CT molecular complexity index is 3420. The SMILES string of the molecule is c1ccc(-c2nc(-c3ccc4c(c3)oc3ccccc34)nc(-c3cc(-c4cccc5c4Cc4c(-c6ccccc6)cccc4-5)c4ccc5ccccc5c4c3)n2)cc1. The summed E-state index contributed by atoms with van der Waals surface area (Å²) in [7, 11) is 0. The first kappa shape index (κ1) is 32.5. The van der Waals surface area contributed by atoms with Crippen molar-refractivity contribution in [3.63, 3.8) is 0 Å². The van der Waals surface area contributed by atoms with Gasteiger partial charge in [0, 0.05) is 27.5 Å². The van der Waals surface area contributed by atoms with E-state index in [2.05, 4.69) is 152 Å². The Kier molecular flexibility index (Phi) is 7.26. The van der Waals surface area contributed by atoms with Crippen molar-refractivity contribution in [1.82, 2.24) is 15.0 Å². The number of para-hydroxylation sites is 1. The summed E-state index contributed by atoms with van der Waals surface area (Å²) < 4.78 is 6.32. The lowest BCUT2D eigenvalue weighted by atomic mass is 9.89. The number of rotatable bonds is 5. The number of benzene rings is 9. The number of furan rings is 1. The lowest BCUT2D eigenvalue weighted by Crippen LogP contribution is -2.01. The first-order chi connectivity index (χ1) is 28.7. The molecule has 9 aromatic carbocycles. The summed E-state index contributed by atoms with van der Waals surface area (Å²) in [5, 5.41) is 6.90. The van der Waals surface area contributed by atoms with Crippen LogP contribution in [0.25, 0.3) is 111 Å². The van der Waals surface area contributed by atoms with E-state index in [4.69, 9.17) is 19.4 Å². The smallest absolute Gasteiger partial charge is 0.164 e. The van der Waals surface area contributed by atoms with Gasteiger partial charge in [-0.25, -0.2) is 15.0 Å². The summed E-state index contributed by atoms with van der Waals surface area (Å²) in [4.78, 5) is 15.6. The Hall–Kier alpha value is -7.69. The van der Waals surface area contributed by atoms with Gasteiger partial charge in [-0.2, -0.15) is 0 Å². The highest BCUT2D eigenvalue weighted by Crippen LogP contribution is 2.47. The van der Waals surface area contributed by atoms with Crippen molar-refractivity contribution in [2.24, 2.45) is 0 Å². The van der Waals surface area contributed by atoms with Crippen LogP contribution in [0, 0.1) is 0 Å². The Labute approximate surface area is 334 Å². The third-order valence-corrected chi connectivity index (χ3v) is 11.8. The summed E-state index contributed by atoms with van der Waals surface area (Å²) >= 11 is 0. The van der Waals surface area contributed by atoms with Crippen molar-refractivity contribution < 1.29 is 4.42 Å². The second-order valence-electron chi connectivity index (χ2n) is 15.1. The van der Waals surface area contributed by atoms with E-state index in [1.54, 1.807) is 0 Å². The van der Waals surface area contributed by atoms with E-state index in [0.29, 0.717) is 17.5 Å². The maximum absolute atomic E-state index is 6.32. The minimum Gasteiger partial charge on any atom is -0.456 e. The van der Waals surface area contributed by atoms with Gasteiger partial charge in [-0.05, 0) is 103 Å². The maximum atomic E-state index is 6.32. The molecule has 1 aliphatic rings. The highest BCUT2D eigenvalue weighted by molar-refractivity contribution is 6.14. The van der Waals surface area contributed by atoms with Crippen LogP contribution < -0.4 is 0 Å². The minimum absolute atomic E-state index is 0.593. The second-order valence-corrected chi connectivity index (χ2v) is 15.1. The molecule has 0 atom stereocenters.